The smallest absolute Gasteiger partial charge is 0.311 e. The van der Waals surface area contributed by atoms with Crippen LogP contribution in [0.3, 0.4) is 0 Å². The number of nitro benzene ring substituents is 1. The summed E-state index contributed by atoms with van der Waals surface area (Å²) >= 11 is 0. The Morgan fingerprint density at radius 3 is 2.39 bits per heavy atom. The van der Waals surface area contributed by atoms with E-state index in [2.05, 4.69) is 5.32 Å². The van der Waals surface area contributed by atoms with E-state index in [1.165, 1.54) is 32.4 Å². The number of carbonyl (C=O) groups excluding carboxylic acids is 1. The second-order valence-electron chi connectivity index (χ2n) is 5.80. The number of hydrogen-bond acceptors (Lipinski definition) is 6. The third kappa shape index (κ3) is 4.65. The molecule has 0 heterocycles. The molecule has 0 radical (unpaired) electrons. The van der Waals surface area contributed by atoms with E-state index in [1.54, 1.807) is 6.92 Å². The second-order valence-corrected chi connectivity index (χ2v) is 5.80. The van der Waals surface area contributed by atoms with Crippen molar-refractivity contribution in [3.8, 4) is 17.6 Å². The van der Waals surface area contributed by atoms with Crippen LogP contribution in [0.25, 0.3) is 6.08 Å². The molecule has 0 aliphatic rings. The molecule has 0 aromatic heterocycles. The first-order valence-electron chi connectivity index (χ1n) is 8.29. The maximum absolute atomic E-state index is 12.5. The molecule has 8 nitrogen and oxygen atoms in total. The summed E-state index contributed by atoms with van der Waals surface area (Å²) in [7, 11) is 2.68. The van der Waals surface area contributed by atoms with Gasteiger partial charge in [-0.2, -0.15) is 5.26 Å². The van der Waals surface area contributed by atoms with Gasteiger partial charge in [-0.3, -0.25) is 14.9 Å². The molecule has 144 valence electrons. The average Bonchev–Trinajstić information content (AvgIpc) is 2.71. The lowest BCUT2D eigenvalue weighted by Gasteiger charge is -2.14. The first-order chi connectivity index (χ1) is 13.4. The molecule has 2 aromatic carbocycles. The molecule has 2 aromatic rings. The fourth-order valence-corrected chi connectivity index (χ4v) is 2.57. The van der Waals surface area contributed by atoms with Crippen LogP contribution in [0.15, 0.2) is 48.0 Å². The van der Waals surface area contributed by atoms with Crippen molar-refractivity contribution in [2.45, 2.75) is 13.0 Å². The molecule has 0 aliphatic carbocycles. The third-order valence-electron chi connectivity index (χ3n) is 4.04. The molecule has 0 fully saturated rings. The van der Waals surface area contributed by atoms with Crippen molar-refractivity contribution in [1.82, 2.24) is 5.32 Å². The molecular weight excluding hydrogens is 362 g/mol. The predicted molar refractivity (Wildman–Crippen MR) is 103 cm³/mol. The zero-order chi connectivity index (χ0) is 20.7. The van der Waals surface area contributed by atoms with E-state index in [9.17, 15) is 20.2 Å². The summed E-state index contributed by atoms with van der Waals surface area (Å²) in [6, 6.07) is 13.3. The molecule has 2 rings (SSSR count). The van der Waals surface area contributed by atoms with Gasteiger partial charge in [-0.25, -0.2) is 0 Å². The van der Waals surface area contributed by atoms with E-state index in [0.717, 1.165) is 5.56 Å². The van der Waals surface area contributed by atoms with Gasteiger partial charge in [0.25, 0.3) is 5.91 Å². The van der Waals surface area contributed by atoms with Crippen LogP contribution in [0.2, 0.25) is 0 Å². The highest BCUT2D eigenvalue weighted by Crippen LogP contribution is 2.35. The van der Waals surface area contributed by atoms with Gasteiger partial charge in [0.2, 0.25) is 5.75 Å². The Morgan fingerprint density at radius 2 is 1.86 bits per heavy atom. The number of nitrogens with zero attached hydrogens (tertiary/aromatic N) is 2. The highest BCUT2D eigenvalue weighted by atomic mass is 16.6. The largest absolute Gasteiger partial charge is 0.496 e. The fourth-order valence-electron chi connectivity index (χ4n) is 2.57. The van der Waals surface area contributed by atoms with Crippen molar-refractivity contribution >= 4 is 17.7 Å². The lowest BCUT2D eigenvalue weighted by Crippen LogP contribution is -2.27. The van der Waals surface area contributed by atoms with Gasteiger partial charge in [0.15, 0.2) is 0 Å². The van der Waals surface area contributed by atoms with Crippen molar-refractivity contribution < 1.29 is 19.2 Å². The van der Waals surface area contributed by atoms with Gasteiger partial charge in [0.05, 0.1) is 25.2 Å². The first-order valence-corrected chi connectivity index (χ1v) is 8.29. The van der Waals surface area contributed by atoms with E-state index in [4.69, 9.17) is 9.47 Å². The van der Waals surface area contributed by atoms with Crippen LogP contribution >= 0.6 is 0 Å². The molecule has 0 saturated carbocycles. The summed E-state index contributed by atoms with van der Waals surface area (Å²) in [5, 5.41) is 23.4. The number of ether oxygens (including phenoxy) is 2. The number of methoxy groups -OCH3 is 2. The topological polar surface area (TPSA) is 114 Å². The highest BCUT2D eigenvalue weighted by molar-refractivity contribution is 6.02. The molecule has 8 heteroatoms. The van der Waals surface area contributed by atoms with Crippen LogP contribution in [0, 0.1) is 21.4 Å². The van der Waals surface area contributed by atoms with Gasteiger partial charge in [0.1, 0.15) is 17.4 Å². The summed E-state index contributed by atoms with van der Waals surface area (Å²) in [4.78, 5) is 23.1. The Morgan fingerprint density at radius 1 is 1.21 bits per heavy atom. The molecule has 0 aliphatic heterocycles. The first kappa shape index (κ1) is 20.5. The summed E-state index contributed by atoms with van der Waals surface area (Å²) in [6.07, 6.45) is 1.25. The van der Waals surface area contributed by atoms with Crippen LogP contribution in [-0.4, -0.2) is 25.1 Å². The summed E-state index contributed by atoms with van der Waals surface area (Å²) < 4.78 is 10.2. The Labute approximate surface area is 162 Å². The summed E-state index contributed by atoms with van der Waals surface area (Å²) in [6.45, 7) is 1.79. The molecule has 0 unspecified atom stereocenters. The van der Waals surface area contributed by atoms with Crippen molar-refractivity contribution in [3.05, 3.63) is 69.3 Å². The molecule has 28 heavy (non-hydrogen) atoms. The predicted octanol–water partition coefficient (Wildman–Crippen LogP) is 3.40. The van der Waals surface area contributed by atoms with Crippen LogP contribution in [-0.2, 0) is 4.79 Å². The molecule has 0 spiro atoms. The van der Waals surface area contributed by atoms with Gasteiger partial charge >= 0.3 is 5.69 Å². The van der Waals surface area contributed by atoms with Crippen molar-refractivity contribution in [3.63, 3.8) is 0 Å². The number of carbonyl (C=O) groups is 1. The lowest BCUT2D eigenvalue weighted by atomic mass is 10.1. The molecule has 0 bridgehead atoms. The normalized spacial score (nSPS) is 11.9. The van der Waals surface area contributed by atoms with Gasteiger partial charge in [0, 0.05) is 17.7 Å². The van der Waals surface area contributed by atoms with E-state index in [1.807, 2.05) is 36.4 Å². The van der Waals surface area contributed by atoms with Crippen molar-refractivity contribution in [1.29, 1.82) is 5.26 Å². The molecule has 0 saturated heterocycles. The SMILES string of the molecule is COc1cc(OC)c([N+](=O)[O-])cc1/C=C(/C#N)C(=O)N[C@H](C)c1ccccc1. The highest BCUT2D eigenvalue weighted by Gasteiger charge is 2.20. The fraction of sp³-hybridized carbons (Fsp3) is 0.200. The molecule has 1 N–H and O–H groups in total. The monoisotopic (exact) mass is 381 g/mol. The van der Waals surface area contributed by atoms with E-state index in [-0.39, 0.29) is 34.4 Å². The zero-order valence-electron chi connectivity index (χ0n) is 15.6. The second kappa shape index (κ2) is 9.19. The lowest BCUT2D eigenvalue weighted by molar-refractivity contribution is -0.385. The van der Waals surface area contributed by atoms with E-state index >= 15 is 0 Å². The van der Waals surface area contributed by atoms with Crippen molar-refractivity contribution in [2.75, 3.05) is 14.2 Å². The van der Waals surface area contributed by atoms with Gasteiger partial charge in [-0.05, 0) is 18.6 Å². The van der Waals surface area contributed by atoms with Crippen LogP contribution < -0.4 is 14.8 Å². The van der Waals surface area contributed by atoms with Gasteiger partial charge < -0.3 is 14.8 Å². The Bertz CT molecular complexity index is 948. The molecular formula is C20H19N3O5. The minimum Gasteiger partial charge on any atom is -0.496 e. The number of benzene rings is 2. The van der Waals surface area contributed by atoms with Crippen LogP contribution in [0.5, 0.6) is 11.5 Å². The number of nitriles is 1. The van der Waals surface area contributed by atoms with E-state index < -0.39 is 10.8 Å². The van der Waals surface area contributed by atoms with Crippen molar-refractivity contribution in [2.24, 2.45) is 0 Å². The average molecular weight is 381 g/mol. The summed E-state index contributed by atoms with van der Waals surface area (Å²) in [5.41, 5.74) is 0.588. The minimum atomic E-state index is -0.612. The molecule has 1 atom stereocenters. The number of nitro groups is 1. The number of hydrogen-bond donors (Lipinski definition) is 1. The number of amides is 1. The maximum atomic E-state index is 12.5. The standard InChI is InChI=1S/C20H19N3O5/c1-13(14-7-5-4-6-8-14)22-20(24)16(12-21)9-15-10-17(23(25)26)19(28-3)11-18(15)27-2/h4-11,13H,1-3H3,(H,22,24)/b16-9-/t13-/m1/s1. The minimum absolute atomic E-state index is 0.0136. The quantitative estimate of drug-likeness (QED) is 0.340. The summed E-state index contributed by atoms with van der Waals surface area (Å²) in [5.74, 6) is -0.349. The van der Waals surface area contributed by atoms with Gasteiger partial charge in [-0.15, -0.1) is 0 Å². The Balaban J connectivity index is 2.38. The zero-order valence-corrected chi connectivity index (χ0v) is 15.6. The van der Waals surface area contributed by atoms with Crippen LogP contribution in [0.1, 0.15) is 24.1 Å². The van der Waals surface area contributed by atoms with Gasteiger partial charge in [-0.1, -0.05) is 30.3 Å². The maximum Gasteiger partial charge on any atom is 0.311 e. The third-order valence-corrected chi connectivity index (χ3v) is 4.04. The number of nitrogens with one attached hydrogen (secondary N) is 1. The Hall–Kier alpha value is -3.86. The molecule has 1 amide bonds. The van der Waals surface area contributed by atoms with E-state index in [0.29, 0.717) is 0 Å². The van der Waals surface area contributed by atoms with Crippen LogP contribution in [0.4, 0.5) is 5.69 Å². The Kier molecular flexibility index (Phi) is 6.71. The number of rotatable bonds is 7.